The second-order valence-electron chi connectivity index (χ2n) is 4.66. The van der Waals surface area contributed by atoms with Gasteiger partial charge in [-0.05, 0) is 38.8 Å². The fraction of sp³-hybridized carbons (Fsp3) is 0.538. The van der Waals surface area contributed by atoms with E-state index in [1.807, 2.05) is 30.3 Å². The molecule has 0 saturated carbocycles. The van der Waals surface area contributed by atoms with Crippen LogP contribution in [0.3, 0.4) is 0 Å². The summed E-state index contributed by atoms with van der Waals surface area (Å²) in [5.74, 6) is 0.922. The van der Waals surface area contributed by atoms with E-state index in [0.29, 0.717) is 6.61 Å². The summed E-state index contributed by atoms with van der Waals surface area (Å²) >= 11 is 0. The molecule has 1 aromatic carbocycles. The van der Waals surface area contributed by atoms with Crippen LogP contribution in [0.2, 0.25) is 0 Å². The van der Waals surface area contributed by atoms with Gasteiger partial charge in [0.25, 0.3) is 0 Å². The van der Waals surface area contributed by atoms with Gasteiger partial charge in [0.2, 0.25) is 0 Å². The van der Waals surface area contributed by atoms with Crippen molar-refractivity contribution < 1.29 is 9.47 Å². The molecule has 0 aromatic heterocycles. The molecule has 0 radical (unpaired) electrons. The molecule has 0 bridgehead atoms. The van der Waals surface area contributed by atoms with Crippen LogP contribution < -0.4 is 4.74 Å². The Morgan fingerprint density at radius 2 is 2.07 bits per heavy atom. The van der Waals surface area contributed by atoms with E-state index in [-0.39, 0.29) is 11.7 Å². The van der Waals surface area contributed by atoms with Crippen LogP contribution in [0.4, 0.5) is 0 Å². The highest BCUT2D eigenvalue weighted by Crippen LogP contribution is 2.29. The molecule has 1 aliphatic heterocycles. The summed E-state index contributed by atoms with van der Waals surface area (Å²) in [7, 11) is 0. The minimum Gasteiger partial charge on any atom is -0.491 e. The van der Waals surface area contributed by atoms with E-state index < -0.39 is 0 Å². The molecule has 1 saturated heterocycles. The predicted octanol–water partition coefficient (Wildman–Crippen LogP) is 3.02. The Morgan fingerprint density at radius 1 is 1.33 bits per heavy atom. The van der Waals surface area contributed by atoms with E-state index in [9.17, 15) is 0 Å². The molecule has 2 heteroatoms. The van der Waals surface area contributed by atoms with Crippen LogP contribution in [0.15, 0.2) is 30.3 Å². The van der Waals surface area contributed by atoms with Gasteiger partial charge in [0, 0.05) is 0 Å². The van der Waals surface area contributed by atoms with Crippen LogP contribution in [-0.4, -0.2) is 18.3 Å². The Labute approximate surface area is 91.2 Å². The quantitative estimate of drug-likeness (QED) is 0.756. The topological polar surface area (TPSA) is 18.5 Å². The van der Waals surface area contributed by atoms with Crippen molar-refractivity contribution in [2.45, 2.75) is 38.4 Å². The Kier molecular flexibility index (Phi) is 2.96. The van der Waals surface area contributed by atoms with Crippen LogP contribution in [0.1, 0.15) is 26.7 Å². The van der Waals surface area contributed by atoms with Gasteiger partial charge in [-0.1, -0.05) is 18.2 Å². The lowest BCUT2D eigenvalue weighted by molar-refractivity contribution is -0.0326. The highest BCUT2D eigenvalue weighted by molar-refractivity contribution is 5.20. The van der Waals surface area contributed by atoms with Gasteiger partial charge in [0.1, 0.15) is 12.4 Å². The zero-order valence-corrected chi connectivity index (χ0v) is 9.40. The molecule has 0 unspecified atom stereocenters. The number of rotatable bonds is 3. The maximum absolute atomic E-state index is 5.85. The molecule has 0 amide bonds. The predicted molar refractivity (Wildman–Crippen MR) is 60.1 cm³/mol. The van der Waals surface area contributed by atoms with E-state index in [0.717, 1.165) is 18.6 Å². The van der Waals surface area contributed by atoms with Crippen LogP contribution in [0, 0.1) is 0 Å². The fourth-order valence-corrected chi connectivity index (χ4v) is 1.90. The molecule has 1 heterocycles. The molecule has 1 atom stereocenters. The van der Waals surface area contributed by atoms with Crippen molar-refractivity contribution in [3.8, 4) is 5.75 Å². The van der Waals surface area contributed by atoms with Crippen LogP contribution >= 0.6 is 0 Å². The first kappa shape index (κ1) is 10.5. The molecular weight excluding hydrogens is 188 g/mol. The number of ether oxygens (including phenoxy) is 2. The SMILES string of the molecule is CC1(C)CC[C@@H](COc2ccccc2)O1. The van der Waals surface area contributed by atoms with Crippen molar-refractivity contribution in [2.75, 3.05) is 6.61 Å². The Bertz CT molecular complexity index is 306. The molecule has 15 heavy (non-hydrogen) atoms. The molecule has 2 nitrogen and oxygen atoms in total. The zero-order valence-electron chi connectivity index (χ0n) is 9.40. The van der Waals surface area contributed by atoms with Gasteiger partial charge in [0.05, 0.1) is 11.7 Å². The third kappa shape index (κ3) is 2.96. The lowest BCUT2D eigenvalue weighted by Crippen LogP contribution is -2.23. The van der Waals surface area contributed by atoms with Crippen LogP contribution in [-0.2, 0) is 4.74 Å². The fourth-order valence-electron chi connectivity index (χ4n) is 1.90. The summed E-state index contributed by atoms with van der Waals surface area (Å²) in [6.45, 7) is 4.93. The maximum atomic E-state index is 5.85. The van der Waals surface area contributed by atoms with E-state index in [2.05, 4.69) is 13.8 Å². The van der Waals surface area contributed by atoms with Crippen LogP contribution in [0.25, 0.3) is 0 Å². The smallest absolute Gasteiger partial charge is 0.119 e. The van der Waals surface area contributed by atoms with Crippen molar-refractivity contribution in [3.63, 3.8) is 0 Å². The molecule has 0 aliphatic carbocycles. The number of hydrogen-bond donors (Lipinski definition) is 0. The van der Waals surface area contributed by atoms with Crippen molar-refractivity contribution >= 4 is 0 Å². The molecule has 1 aliphatic rings. The minimum absolute atomic E-state index is 0.0325. The normalized spacial score (nSPS) is 24.0. The monoisotopic (exact) mass is 206 g/mol. The molecule has 82 valence electrons. The van der Waals surface area contributed by atoms with Crippen molar-refractivity contribution in [3.05, 3.63) is 30.3 Å². The van der Waals surface area contributed by atoms with Gasteiger partial charge in [0.15, 0.2) is 0 Å². The number of para-hydroxylation sites is 1. The highest BCUT2D eigenvalue weighted by atomic mass is 16.6. The average molecular weight is 206 g/mol. The molecule has 1 fully saturated rings. The van der Waals surface area contributed by atoms with Crippen LogP contribution in [0.5, 0.6) is 5.75 Å². The lowest BCUT2D eigenvalue weighted by Gasteiger charge is -2.19. The molecule has 1 aromatic rings. The summed E-state index contributed by atoms with van der Waals surface area (Å²) in [6.07, 6.45) is 2.47. The Morgan fingerprint density at radius 3 is 2.67 bits per heavy atom. The number of hydrogen-bond acceptors (Lipinski definition) is 2. The van der Waals surface area contributed by atoms with Crippen molar-refractivity contribution in [2.24, 2.45) is 0 Å². The van der Waals surface area contributed by atoms with E-state index in [1.165, 1.54) is 0 Å². The summed E-state index contributed by atoms with van der Waals surface area (Å²) in [5.41, 5.74) is 0.0325. The second-order valence-corrected chi connectivity index (χ2v) is 4.66. The second kappa shape index (κ2) is 4.23. The van der Waals surface area contributed by atoms with E-state index in [4.69, 9.17) is 9.47 Å². The van der Waals surface area contributed by atoms with E-state index >= 15 is 0 Å². The van der Waals surface area contributed by atoms with Gasteiger partial charge in [-0.15, -0.1) is 0 Å². The summed E-state index contributed by atoms with van der Waals surface area (Å²) in [4.78, 5) is 0. The summed E-state index contributed by atoms with van der Waals surface area (Å²) < 4.78 is 11.5. The number of benzene rings is 1. The molecule has 2 rings (SSSR count). The standard InChI is InChI=1S/C13H18O2/c1-13(2)9-8-12(15-13)10-14-11-6-4-3-5-7-11/h3-7,12H,8-10H2,1-2H3/t12-/m0/s1. The zero-order chi connectivity index (χ0) is 10.7. The van der Waals surface area contributed by atoms with E-state index in [1.54, 1.807) is 0 Å². The van der Waals surface area contributed by atoms with Gasteiger partial charge >= 0.3 is 0 Å². The molecule has 0 spiro atoms. The van der Waals surface area contributed by atoms with Gasteiger partial charge in [-0.2, -0.15) is 0 Å². The van der Waals surface area contributed by atoms with Crippen molar-refractivity contribution in [1.82, 2.24) is 0 Å². The van der Waals surface area contributed by atoms with Crippen molar-refractivity contribution in [1.29, 1.82) is 0 Å². The largest absolute Gasteiger partial charge is 0.491 e. The first-order valence-electron chi connectivity index (χ1n) is 5.51. The summed E-state index contributed by atoms with van der Waals surface area (Å²) in [5, 5.41) is 0. The Balaban J connectivity index is 1.80. The third-order valence-corrected chi connectivity index (χ3v) is 2.73. The Hall–Kier alpha value is -1.02. The highest BCUT2D eigenvalue weighted by Gasteiger charge is 2.31. The summed E-state index contributed by atoms with van der Waals surface area (Å²) in [6, 6.07) is 9.89. The first-order chi connectivity index (χ1) is 7.16. The lowest BCUT2D eigenvalue weighted by atomic mass is 10.1. The molecular formula is C13H18O2. The molecule has 0 N–H and O–H groups in total. The minimum atomic E-state index is 0.0325. The maximum Gasteiger partial charge on any atom is 0.119 e. The first-order valence-corrected chi connectivity index (χ1v) is 5.51. The van der Waals surface area contributed by atoms with Gasteiger partial charge < -0.3 is 9.47 Å². The van der Waals surface area contributed by atoms with Gasteiger partial charge in [-0.25, -0.2) is 0 Å². The van der Waals surface area contributed by atoms with Gasteiger partial charge in [-0.3, -0.25) is 0 Å². The average Bonchev–Trinajstić information content (AvgIpc) is 2.57. The third-order valence-electron chi connectivity index (χ3n) is 2.73.